The van der Waals surface area contributed by atoms with Crippen LogP contribution in [0.5, 0.6) is 0 Å². The zero-order chi connectivity index (χ0) is 7.28. The topological polar surface area (TPSA) is 21.6 Å². The second kappa shape index (κ2) is 4.36. The maximum absolute atomic E-state index is 4.84. The zero-order valence-electron chi connectivity index (χ0n) is 6.64. The molecule has 0 heterocycles. The minimum atomic E-state index is 0.497. The van der Waals surface area contributed by atoms with Gasteiger partial charge >= 0.3 is 0 Å². The van der Waals surface area contributed by atoms with E-state index in [1.165, 1.54) is 0 Å². The summed E-state index contributed by atoms with van der Waals surface area (Å²) in [6, 6.07) is 0. The highest BCUT2D eigenvalue weighted by Crippen LogP contribution is 1.95. The first-order valence-corrected chi connectivity index (χ1v) is 3.35. The van der Waals surface area contributed by atoms with Gasteiger partial charge in [-0.1, -0.05) is 19.0 Å². The molecule has 9 heavy (non-hydrogen) atoms. The minimum Gasteiger partial charge on any atom is -0.396 e. The van der Waals surface area contributed by atoms with Crippen LogP contribution in [-0.4, -0.2) is 12.3 Å². The molecule has 0 aromatic heterocycles. The van der Waals surface area contributed by atoms with Crippen molar-refractivity contribution in [1.29, 1.82) is 0 Å². The lowest BCUT2D eigenvalue weighted by atomic mass is 10.1. The van der Waals surface area contributed by atoms with Gasteiger partial charge in [0.15, 0.2) is 0 Å². The Labute approximate surface area is 56.9 Å². The van der Waals surface area contributed by atoms with Crippen molar-refractivity contribution in [2.75, 3.05) is 6.61 Å². The van der Waals surface area contributed by atoms with Gasteiger partial charge in [0.1, 0.15) is 6.61 Å². The number of rotatable bonds is 3. The standard InChI is InChI=1S/C7H15NO/c1-5-9-8-7(4)6(2)3/h6H,5H2,1-4H3/b8-7+. The van der Waals surface area contributed by atoms with Crippen molar-refractivity contribution >= 4 is 5.71 Å². The molecule has 0 N–H and O–H groups in total. The molecule has 0 amide bonds. The van der Waals surface area contributed by atoms with Crippen molar-refractivity contribution in [2.45, 2.75) is 27.7 Å². The van der Waals surface area contributed by atoms with Crippen LogP contribution in [-0.2, 0) is 4.84 Å². The van der Waals surface area contributed by atoms with E-state index < -0.39 is 0 Å². The van der Waals surface area contributed by atoms with Gasteiger partial charge in [-0.15, -0.1) is 0 Å². The summed E-state index contributed by atoms with van der Waals surface area (Å²) in [6.45, 7) is 8.75. The highest BCUT2D eigenvalue weighted by atomic mass is 16.6. The monoisotopic (exact) mass is 129 g/mol. The summed E-state index contributed by atoms with van der Waals surface area (Å²) in [6.07, 6.45) is 0. The van der Waals surface area contributed by atoms with Gasteiger partial charge in [0.2, 0.25) is 0 Å². The fourth-order valence-electron chi connectivity index (χ4n) is 0.272. The van der Waals surface area contributed by atoms with Crippen LogP contribution >= 0.6 is 0 Å². The van der Waals surface area contributed by atoms with Crippen molar-refractivity contribution in [1.82, 2.24) is 0 Å². The second-order valence-corrected chi connectivity index (χ2v) is 2.31. The number of hydrogen-bond acceptors (Lipinski definition) is 2. The Bertz CT molecular complexity index is 97.1. The van der Waals surface area contributed by atoms with E-state index in [4.69, 9.17) is 4.84 Å². The first kappa shape index (κ1) is 8.47. The predicted octanol–water partition coefficient (Wildman–Crippen LogP) is 2.05. The summed E-state index contributed by atoms with van der Waals surface area (Å²) in [7, 11) is 0. The molecule has 0 saturated heterocycles. The normalized spacial score (nSPS) is 12.3. The van der Waals surface area contributed by atoms with Gasteiger partial charge in [0.05, 0.1) is 5.71 Å². The molecule has 0 bridgehead atoms. The lowest BCUT2D eigenvalue weighted by Crippen LogP contribution is -2.02. The summed E-state index contributed by atoms with van der Waals surface area (Å²) >= 11 is 0. The second-order valence-electron chi connectivity index (χ2n) is 2.31. The van der Waals surface area contributed by atoms with Gasteiger partial charge in [0, 0.05) is 0 Å². The van der Waals surface area contributed by atoms with Crippen molar-refractivity contribution < 1.29 is 4.84 Å². The maximum Gasteiger partial charge on any atom is 0.114 e. The smallest absolute Gasteiger partial charge is 0.114 e. The van der Waals surface area contributed by atoms with Crippen molar-refractivity contribution in [3.63, 3.8) is 0 Å². The fraction of sp³-hybridized carbons (Fsp3) is 0.857. The fourth-order valence-corrected chi connectivity index (χ4v) is 0.272. The quantitative estimate of drug-likeness (QED) is 0.422. The molecule has 0 fully saturated rings. The van der Waals surface area contributed by atoms with E-state index in [-0.39, 0.29) is 0 Å². The first-order valence-electron chi connectivity index (χ1n) is 3.35. The summed E-state index contributed by atoms with van der Waals surface area (Å²) in [5.74, 6) is 0.497. The molecule has 0 aromatic rings. The van der Waals surface area contributed by atoms with E-state index in [0.717, 1.165) is 5.71 Å². The van der Waals surface area contributed by atoms with Gasteiger partial charge in [0.25, 0.3) is 0 Å². The van der Waals surface area contributed by atoms with Gasteiger partial charge in [-0.3, -0.25) is 0 Å². The Morgan fingerprint density at radius 3 is 2.44 bits per heavy atom. The Balaban J connectivity index is 3.55. The van der Waals surface area contributed by atoms with Crippen molar-refractivity contribution in [3.05, 3.63) is 0 Å². The lowest BCUT2D eigenvalue weighted by molar-refractivity contribution is 0.157. The summed E-state index contributed by atoms with van der Waals surface area (Å²) < 4.78 is 0. The molecular formula is C7H15NO. The van der Waals surface area contributed by atoms with Gasteiger partial charge < -0.3 is 4.84 Å². The number of oxime groups is 1. The Morgan fingerprint density at radius 2 is 2.11 bits per heavy atom. The van der Waals surface area contributed by atoms with E-state index in [0.29, 0.717) is 12.5 Å². The van der Waals surface area contributed by atoms with E-state index in [1.807, 2.05) is 13.8 Å². The third-order valence-corrected chi connectivity index (χ3v) is 1.17. The van der Waals surface area contributed by atoms with Crippen molar-refractivity contribution in [2.24, 2.45) is 11.1 Å². The Hall–Kier alpha value is -0.530. The Morgan fingerprint density at radius 1 is 1.56 bits per heavy atom. The summed E-state index contributed by atoms with van der Waals surface area (Å²) in [5, 5.41) is 3.86. The van der Waals surface area contributed by atoms with Crippen LogP contribution < -0.4 is 0 Å². The van der Waals surface area contributed by atoms with Crippen LogP contribution in [0.4, 0.5) is 0 Å². The van der Waals surface area contributed by atoms with E-state index >= 15 is 0 Å². The molecule has 0 aromatic carbocycles. The molecule has 0 radical (unpaired) electrons. The third kappa shape index (κ3) is 4.01. The minimum absolute atomic E-state index is 0.497. The van der Waals surface area contributed by atoms with Gasteiger partial charge in [-0.2, -0.15) is 0 Å². The molecule has 0 rings (SSSR count). The largest absolute Gasteiger partial charge is 0.396 e. The molecular weight excluding hydrogens is 114 g/mol. The van der Waals surface area contributed by atoms with Gasteiger partial charge in [-0.25, -0.2) is 0 Å². The average molecular weight is 129 g/mol. The molecule has 0 aliphatic carbocycles. The van der Waals surface area contributed by atoms with Crippen LogP contribution in [0.2, 0.25) is 0 Å². The summed E-state index contributed by atoms with van der Waals surface area (Å²) in [4.78, 5) is 4.84. The number of nitrogens with zero attached hydrogens (tertiary/aromatic N) is 1. The van der Waals surface area contributed by atoms with E-state index in [9.17, 15) is 0 Å². The van der Waals surface area contributed by atoms with Crippen LogP contribution in [0.3, 0.4) is 0 Å². The van der Waals surface area contributed by atoms with E-state index in [2.05, 4.69) is 19.0 Å². The average Bonchev–Trinajstić information content (AvgIpc) is 1.82. The highest BCUT2D eigenvalue weighted by molar-refractivity contribution is 5.83. The zero-order valence-corrected chi connectivity index (χ0v) is 6.64. The SMILES string of the molecule is CCO/N=C(\C)C(C)C. The first-order chi connectivity index (χ1) is 4.18. The van der Waals surface area contributed by atoms with E-state index in [1.54, 1.807) is 0 Å². The molecule has 0 saturated carbocycles. The highest BCUT2D eigenvalue weighted by Gasteiger charge is 1.96. The molecule has 0 spiro atoms. The molecule has 0 aliphatic heterocycles. The third-order valence-electron chi connectivity index (χ3n) is 1.17. The van der Waals surface area contributed by atoms with Crippen LogP contribution in [0.25, 0.3) is 0 Å². The maximum atomic E-state index is 4.84. The van der Waals surface area contributed by atoms with Crippen LogP contribution in [0.15, 0.2) is 5.16 Å². The van der Waals surface area contributed by atoms with Crippen LogP contribution in [0.1, 0.15) is 27.7 Å². The lowest BCUT2D eigenvalue weighted by Gasteiger charge is -2.01. The summed E-state index contributed by atoms with van der Waals surface area (Å²) in [5.41, 5.74) is 1.05. The molecule has 0 atom stereocenters. The van der Waals surface area contributed by atoms with Gasteiger partial charge in [-0.05, 0) is 19.8 Å². The van der Waals surface area contributed by atoms with Crippen molar-refractivity contribution in [3.8, 4) is 0 Å². The molecule has 2 heteroatoms. The molecule has 0 aliphatic rings. The molecule has 54 valence electrons. The van der Waals surface area contributed by atoms with Crippen LogP contribution in [0, 0.1) is 5.92 Å². The molecule has 2 nitrogen and oxygen atoms in total. The molecule has 0 unspecified atom stereocenters. The number of hydrogen-bond donors (Lipinski definition) is 0. The Kier molecular flexibility index (Phi) is 4.10. The predicted molar refractivity (Wildman–Crippen MR) is 39.6 cm³/mol.